The molecule has 0 aliphatic carbocycles. The number of nitrogens with zero attached hydrogens (tertiary/aromatic N) is 1. The first kappa shape index (κ1) is 21.2. The number of aryl methyl sites for hydroxylation is 1. The molecule has 0 atom stereocenters. The molecular weight excluding hydrogens is 386 g/mol. The summed E-state index contributed by atoms with van der Waals surface area (Å²) in [5.74, 6) is -0.224. The fourth-order valence-corrected chi connectivity index (χ4v) is 3.00. The smallest absolute Gasteiger partial charge is 0.326 e. The van der Waals surface area contributed by atoms with Gasteiger partial charge in [-0.3, -0.25) is 14.2 Å². The van der Waals surface area contributed by atoms with Gasteiger partial charge in [-0.05, 0) is 56.7 Å². The van der Waals surface area contributed by atoms with E-state index in [-0.39, 0.29) is 30.9 Å². The van der Waals surface area contributed by atoms with E-state index in [0.717, 1.165) is 11.0 Å². The third-order valence-corrected chi connectivity index (χ3v) is 4.35. The monoisotopic (exact) mass is 411 g/mol. The number of aromatic nitrogens is 2. The van der Waals surface area contributed by atoms with Crippen LogP contribution in [0.4, 0.5) is 0 Å². The van der Waals surface area contributed by atoms with Crippen LogP contribution < -0.4 is 15.7 Å². The van der Waals surface area contributed by atoms with Gasteiger partial charge in [0.1, 0.15) is 12.3 Å². The summed E-state index contributed by atoms with van der Waals surface area (Å²) < 4.78 is 12.3. The highest BCUT2D eigenvalue weighted by molar-refractivity contribution is 5.96. The maximum atomic E-state index is 12.1. The quantitative estimate of drug-likeness (QED) is 0.416. The summed E-state index contributed by atoms with van der Waals surface area (Å²) in [5.41, 5.74) is 1.81. The molecule has 3 rings (SSSR count). The Morgan fingerprint density at radius 2 is 1.83 bits per heavy atom. The lowest BCUT2D eigenvalue weighted by molar-refractivity contribution is -0.142. The molecule has 0 saturated heterocycles. The van der Waals surface area contributed by atoms with E-state index in [1.54, 1.807) is 28.8 Å². The second kappa shape index (κ2) is 9.78. The van der Waals surface area contributed by atoms with E-state index in [0.29, 0.717) is 24.3 Å². The van der Waals surface area contributed by atoms with Crippen LogP contribution in [0.5, 0.6) is 5.75 Å². The summed E-state index contributed by atoms with van der Waals surface area (Å²) in [6.07, 6.45) is 0.535. The zero-order valence-electron chi connectivity index (χ0n) is 17.0. The fourth-order valence-electron chi connectivity index (χ4n) is 3.00. The summed E-state index contributed by atoms with van der Waals surface area (Å²) in [6.45, 7) is 4.20. The lowest BCUT2D eigenvalue weighted by Gasteiger charge is -2.10. The first-order valence-corrected chi connectivity index (χ1v) is 9.82. The van der Waals surface area contributed by atoms with Gasteiger partial charge >= 0.3 is 11.7 Å². The predicted octanol–water partition coefficient (Wildman–Crippen LogP) is 2.48. The van der Waals surface area contributed by atoms with Crippen LogP contribution in [0.1, 0.15) is 30.6 Å². The lowest BCUT2D eigenvalue weighted by atomic mass is 10.2. The average Bonchev–Trinajstić information content (AvgIpc) is 3.04. The Hall–Kier alpha value is -3.55. The molecule has 2 aromatic carbocycles. The van der Waals surface area contributed by atoms with Crippen molar-refractivity contribution in [2.24, 2.45) is 0 Å². The first-order valence-electron chi connectivity index (χ1n) is 9.82. The first-order chi connectivity index (χ1) is 14.4. The molecule has 0 aliphatic rings. The van der Waals surface area contributed by atoms with Crippen molar-refractivity contribution in [1.29, 1.82) is 0 Å². The van der Waals surface area contributed by atoms with Crippen molar-refractivity contribution < 1.29 is 19.1 Å². The molecule has 1 amide bonds. The Labute approximate surface area is 173 Å². The Balaban J connectivity index is 1.40. The lowest BCUT2D eigenvalue weighted by Crippen LogP contribution is -2.31. The molecule has 0 bridgehead atoms. The standard InChI is InChI=1S/C22H25N3O5/c1-15(2)30-17-10-8-16(9-11-17)21(27)23-14-20(26)29-13-5-12-25-19-7-4-3-6-18(19)24-22(25)28/h3-4,6-11,15H,5,12-14H2,1-2H3,(H,23,27)(H,24,28). The van der Waals surface area contributed by atoms with Gasteiger partial charge in [0.25, 0.3) is 5.91 Å². The molecule has 2 N–H and O–H groups in total. The Morgan fingerprint density at radius 3 is 2.57 bits per heavy atom. The van der Waals surface area contributed by atoms with Gasteiger partial charge in [-0.1, -0.05) is 12.1 Å². The molecule has 1 aromatic heterocycles. The molecule has 158 valence electrons. The summed E-state index contributed by atoms with van der Waals surface area (Å²) in [4.78, 5) is 38.8. The van der Waals surface area contributed by atoms with Crippen LogP contribution in [-0.2, 0) is 16.1 Å². The number of rotatable bonds is 9. The number of aromatic amines is 1. The van der Waals surface area contributed by atoms with Crippen molar-refractivity contribution in [3.63, 3.8) is 0 Å². The number of esters is 1. The largest absolute Gasteiger partial charge is 0.491 e. The molecule has 8 nitrogen and oxygen atoms in total. The molecule has 0 saturated carbocycles. The maximum absolute atomic E-state index is 12.1. The van der Waals surface area contributed by atoms with Crippen molar-refractivity contribution >= 4 is 22.9 Å². The van der Waals surface area contributed by atoms with Gasteiger partial charge in [-0.15, -0.1) is 0 Å². The van der Waals surface area contributed by atoms with E-state index >= 15 is 0 Å². The number of para-hydroxylation sites is 2. The Morgan fingerprint density at radius 1 is 1.10 bits per heavy atom. The van der Waals surface area contributed by atoms with Crippen molar-refractivity contribution in [2.75, 3.05) is 13.2 Å². The zero-order chi connectivity index (χ0) is 21.5. The Bertz CT molecular complexity index is 1070. The van der Waals surface area contributed by atoms with Gasteiger partial charge in [0.05, 0.1) is 23.7 Å². The molecule has 1 heterocycles. The third kappa shape index (κ3) is 5.50. The number of carbonyl (C=O) groups is 2. The zero-order valence-corrected chi connectivity index (χ0v) is 17.0. The summed E-state index contributed by atoms with van der Waals surface area (Å²) in [6, 6.07) is 14.1. The minimum atomic E-state index is -0.533. The van der Waals surface area contributed by atoms with Crippen LogP contribution in [0.3, 0.4) is 0 Å². The molecule has 0 fully saturated rings. The number of hydrogen-bond acceptors (Lipinski definition) is 5. The van der Waals surface area contributed by atoms with E-state index in [2.05, 4.69) is 10.3 Å². The van der Waals surface area contributed by atoms with E-state index in [4.69, 9.17) is 9.47 Å². The summed E-state index contributed by atoms with van der Waals surface area (Å²) in [5, 5.41) is 2.53. The van der Waals surface area contributed by atoms with Crippen LogP contribution in [0, 0.1) is 0 Å². The van der Waals surface area contributed by atoms with Gasteiger partial charge in [-0.25, -0.2) is 4.79 Å². The topological polar surface area (TPSA) is 102 Å². The highest BCUT2D eigenvalue weighted by Crippen LogP contribution is 2.13. The van der Waals surface area contributed by atoms with Crippen LogP contribution in [0.2, 0.25) is 0 Å². The number of H-pyrrole nitrogens is 1. The van der Waals surface area contributed by atoms with Crippen LogP contribution in [0.25, 0.3) is 11.0 Å². The van der Waals surface area contributed by atoms with Gasteiger partial charge in [0.15, 0.2) is 0 Å². The summed E-state index contributed by atoms with van der Waals surface area (Å²) >= 11 is 0. The maximum Gasteiger partial charge on any atom is 0.326 e. The van der Waals surface area contributed by atoms with Crippen molar-refractivity contribution in [1.82, 2.24) is 14.9 Å². The van der Waals surface area contributed by atoms with Crippen molar-refractivity contribution in [3.8, 4) is 5.75 Å². The van der Waals surface area contributed by atoms with E-state index < -0.39 is 5.97 Å². The van der Waals surface area contributed by atoms with Crippen molar-refractivity contribution in [2.45, 2.75) is 32.9 Å². The molecule has 0 spiro atoms. The van der Waals surface area contributed by atoms with E-state index in [9.17, 15) is 14.4 Å². The second-order valence-electron chi connectivity index (χ2n) is 7.05. The number of carbonyl (C=O) groups excluding carboxylic acids is 2. The van der Waals surface area contributed by atoms with Crippen LogP contribution in [0.15, 0.2) is 53.3 Å². The second-order valence-corrected chi connectivity index (χ2v) is 7.05. The minimum absolute atomic E-state index is 0.0500. The molecule has 0 aliphatic heterocycles. The molecule has 3 aromatic rings. The molecule has 30 heavy (non-hydrogen) atoms. The summed E-state index contributed by atoms with van der Waals surface area (Å²) in [7, 11) is 0. The fraction of sp³-hybridized carbons (Fsp3) is 0.318. The van der Waals surface area contributed by atoms with Gasteiger partial charge in [0.2, 0.25) is 0 Å². The Kier molecular flexibility index (Phi) is 6.90. The predicted molar refractivity (Wildman–Crippen MR) is 113 cm³/mol. The third-order valence-electron chi connectivity index (χ3n) is 4.35. The number of hydrogen-bond donors (Lipinski definition) is 2. The highest BCUT2D eigenvalue weighted by Gasteiger charge is 2.10. The van der Waals surface area contributed by atoms with Gasteiger partial charge in [0, 0.05) is 12.1 Å². The van der Waals surface area contributed by atoms with Gasteiger partial charge < -0.3 is 19.8 Å². The molecule has 0 radical (unpaired) electrons. The molecule has 8 heteroatoms. The number of fused-ring (bicyclic) bond motifs is 1. The van der Waals surface area contributed by atoms with E-state index in [1.165, 1.54) is 0 Å². The average molecular weight is 411 g/mol. The SMILES string of the molecule is CC(C)Oc1ccc(C(=O)NCC(=O)OCCCn2c(=O)[nH]c3ccccc32)cc1. The number of amides is 1. The van der Waals surface area contributed by atoms with Gasteiger partial charge in [-0.2, -0.15) is 0 Å². The van der Waals surface area contributed by atoms with Crippen LogP contribution >= 0.6 is 0 Å². The molecular formula is C22H25N3O5. The van der Waals surface area contributed by atoms with Crippen molar-refractivity contribution in [3.05, 3.63) is 64.6 Å². The number of benzene rings is 2. The molecule has 0 unspecified atom stereocenters. The number of nitrogens with one attached hydrogen (secondary N) is 2. The number of imidazole rings is 1. The normalized spacial score (nSPS) is 10.9. The minimum Gasteiger partial charge on any atom is -0.491 e. The number of ether oxygens (including phenoxy) is 2. The van der Waals surface area contributed by atoms with Crippen LogP contribution in [-0.4, -0.2) is 40.7 Å². The highest BCUT2D eigenvalue weighted by atomic mass is 16.5. The van der Waals surface area contributed by atoms with E-state index in [1.807, 2.05) is 38.1 Å².